The molecule has 5 nitrogen and oxygen atoms in total. The Morgan fingerprint density at radius 2 is 2.00 bits per heavy atom. The summed E-state index contributed by atoms with van der Waals surface area (Å²) in [5.41, 5.74) is 0. The number of methoxy groups -OCH3 is 1. The first-order valence-corrected chi connectivity index (χ1v) is 5.13. The van der Waals surface area contributed by atoms with Crippen molar-refractivity contribution < 1.29 is 14.3 Å². The van der Waals surface area contributed by atoms with Crippen LogP contribution in [0.15, 0.2) is 0 Å². The Balaban J connectivity index is 4.24. The molecule has 0 aliphatic heterocycles. The van der Waals surface area contributed by atoms with Crippen LogP contribution in [0.2, 0.25) is 0 Å². The summed E-state index contributed by atoms with van der Waals surface area (Å²) in [6.45, 7) is 6.25. The molecule has 0 bridgehead atoms. The minimum Gasteiger partial charge on any atom is -0.468 e. The lowest BCUT2D eigenvalue weighted by Crippen LogP contribution is -2.45. The van der Waals surface area contributed by atoms with Gasteiger partial charge in [0.1, 0.15) is 6.54 Å². The SMILES string of the molecule is CCCN(CC(=O)OC)C(=O)NC(C)C. The average Bonchev–Trinajstić information content (AvgIpc) is 2.15. The van der Waals surface area contributed by atoms with Crippen molar-refractivity contribution in [2.45, 2.75) is 33.2 Å². The molecular formula is C10H20N2O3. The second kappa shape index (κ2) is 7.09. The number of urea groups is 1. The molecule has 0 unspecified atom stereocenters. The van der Waals surface area contributed by atoms with Gasteiger partial charge in [0.2, 0.25) is 0 Å². The molecule has 0 spiro atoms. The first kappa shape index (κ1) is 13.7. The minimum absolute atomic E-state index is 0.00287. The van der Waals surface area contributed by atoms with Gasteiger partial charge in [-0.25, -0.2) is 4.79 Å². The number of hydrogen-bond acceptors (Lipinski definition) is 3. The topological polar surface area (TPSA) is 58.6 Å². The van der Waals surface area contributed by atoms with Gasteiger partial charge in [-0.05, 0) is 20.3 Å². The van der Waals surface area contributed by atoms with Gasteiger partial charge < -0.3 is 15.0 Å². The Bertz CT molecular complexity index is 217. The fourth-order valence-electron chi connectivity index (χ4n) is 1.08. The number of nitrogens with zero attached hydrogens (tertiary/aromatic N) is 1. The van der Waals surface area contributed by atoms with Crippen molar-refractivity contribution in [1.29, 1.82) is 0 Å². The van der Waals surface area contributed by atoms with Crippen LogP contribution in [-0.4, -0.2) is 43.1 Å². The lowest BCUT2D eigenvalue weighted by molar-refractivity contribution is -0.141. The molecule has 2 amide bonds. The highest BCUT2D eigenvalue weighted by Gasteiger charge is 2.16. The van der Waals surface area contributed by atoms with E-state index in [-0.39, 0.29) is 18.6 Å². The standard InChI is InChI=1S/C10H20N2O3/c1-5-6-12(7-9(13)15-4)10(14)11-8(2)3/h8H,5-7H2,1-4H3,(H,11,14). The van der Waals surface area contributed by atoms with E-state index in [4.69, 9.17) is 0 Å². The van der Waals surface area contributed by atoms with Crippen LogP contribution in [0.1, 0.15) is 27.2 Å². The summed E-state index contributed by atoms with van der Waals surface area (Å²) in [6, 6.07) is -0.160. The van der Waals surface area contributed by atoms with Gasteiger partial charge >= 0.3 is 12.0 Å². The summed E-state index contributed by atoms with van der Waals surface area (Å²) in [4.78, 5) is 24.1. The Labute approximate surface area is 90.8 Å². The molecule has 0 radical (unpaired) electrons. The van der Waals surface area contributed by atoms with Crippen LogP contribution in [-0.2, 0) is 9.53 Å². The van der Waals surface area contributed by atoms with E-state index in [0.717, 1.165) is 6.42 Å². The van der Waals surface area contributed by atoms with Crippen molar-refractivity contribution in [3.63, 3.8) is 0 Å². The smallest absolute Gasteiger partial charge is 0.325 e. The van der Waals surface area contributed by atoms with Crippen LogP contribution in [0.3, 0.4) is 0 Å². The zero-order chi connectivity index (χ0) is 11.8. The van der Waals surface area contributed by atoms with Crippen LogP contribution < -0.4 is 5.32 Å². The van der Waals surface area contributed by atoms with Crippen molar-refractivity contribution in [2.24, 2.45) is 0 Å². The molecule has 0 atom stereocenters. The molecule has 0 heterocycles. The molecule has 0 fully saturated rings. The Morgan fingerprint density at radius 3 is 2.40 bits per heavy atom. The van der Waals surface area contributed by atoms with Gasteiger partial charge in [0.05, 0.1) is 7.11 Å². The minimum atomic E-state index is -0.401. The first-order chi connectivity index (χ1) is 7.01. The van der Waals surface area contributed by atoms with Crippen molar-refractivity contribution in [3.8, 4) is 0 Å². The molecule has 0 saturated heterocycles. The molecule has 0 aliphatic rings. The van der Waals surface area contributed by atoms with E-state index >= 15 is 0 Å². The van der Waals surface area contributed by atoms with Gasteiger partial charge in [-0.2, -0.15) is 0 Å². The van der Waals surface area contributed by atoms with Crippen molar-refractivity contribution in [3.05, 3.63) is 0 Å². The predicted molar refractivity (Wildman–Crippen MR) is 57.5 cm³/mol. The highest BCUT2D eigenvalue weighted by molar-refractivity contribution is 5.81. The maximum atomic E-state index is 11.6. The largest absolute Gasteiger partial charge is 0.468 e. The molecular weight excluding hydrogens is 196 g/mol. The molecule has 0 aromatic rings. The summed E-state index contributed by atoms with van der Waals surface area (Å²) >= 11 is 0. The van der Waals surface area contributed by atoms with Gasteiger partial charge in [0, 0.05) is 12.6 Å². The van der Waals surface area contributed by atoms with E-state index in [1.807, 2.05) is 20.8 Å². The number of amides is 2. The summed E-state index contributed by atoms with van der Waals surface area (Å²) in [7, 11) is 1.31. The Morgan fingerprint density at radius 1 is 1.40 bits per heavy atom. The van der Waals surface area contributed by atoms with Crippen LogP contribution in [0.5, 0.6) is 0 Å². The third-order valence-electron chi connectivity index (χ3n) is 1.74. The molecule has 0 rings (SSSR count). The molecule has 1 N–H and O–H groups in total. The molecule has 88 valence electrons. The van der Waals surface area contributed by atoms with Gasteiger partial charge in [-0.1, -0.05) is 6.92 Å². The lowest BCUT2D eigenvalue weighted by atomic mass is 10.4. The van der Waals surface area contributed by atoms with E-state index < -0.39 is 5.97 Å². The van der Waals surface area contributed by atoms with E-state index in [1.165, 1.54) is 12.0 Å². The summed E-state index contributed by atoms with van der Waals surface area (Å²) in [5.74, 6) is -0.401. The maximum absolute atomic E-state index is 11.6. The average molecular weight is 216 g/mol. The molecule has 0 aromatic heterocycles. The van der Waals surface area contributed by atoms with Crippen LogP contribution >= 0.6 is 0 Å². The fraction of sp³-hybridized carbons (Fsp3) is 0.800. The van der Waals surface area contributed by atoms with Crippen molar-refractivity contribution >= 4 is 12.0 Å². The van der Waals surface area contributed by atoms with E-state index in [2.05, 4.69) is 10.1 Å². The number of hydrogen-bond donors (Lipinski definition) is 1. The number of ether oxygens (including phenoxy) is 1. The third kappa shape index (κ3) is 5.93. The van der Waals surface area contributed by atoms with E-state index in [0.29, 0.717) is 6.54 Å². The molecule has 0 aromatic carbocycles. The summed E-state index contributed by atoms with van der Waals surface area (Å²) in [6.07, 6.45) is 0.808. The zero-order valence-electron chi connectivity index (χ0n) is 9.87. The monoisotopic (exact) mass is 216 g/mol. The van der Waals surface area contributed by atoms with Crippen LogP contribution in [0, 0.1) is 0 Å². The maximum Gasteiger partial charge on any atom is 0.325 e. The molecule has 0 aliphatic carbocycles. The van der Waals surface area contributed by atoms with E-state index in [1.54, 1.807) is 0 Å². The second-order valence-corrected chi connectivity index (χ2v) is 3.60. The van der Waals surface area contributed by atoms with Gasteiger partial charge in [-0.3, -0.25) is 4.79 Å². The number of esters is 1. The fourth-order valence-corrected chi connectivity index (χ4v) is 1.08. The Kier molecular flexibility index (Phi) is 6.49. The summed E-state index contributed by atoms with van der Waals surface area (Å²) < 4.78 is 4.52. The highest BCUT2D eigenvalue weighted by Crippen LogP contribution is 1.95. The normalized spacial score (nSPS) is 9.93. The lowest BCUT2D eigenvalue weighted by Gasteiger charge is -2.22. The second-order valence-electron chi connectivity index (χ2n) is 3.60. The van der Waals surface area contributed by atoms with Gasteiger partial charge in [-0.15, -0.1) is 0 Å². The quantitative estimate of drug-likeness (QED) is 0.697. The van der Waals surface area contributed by atoms with Crippen molar-refractivity contribution in [1.82, 2.24) is 10.2 Å². The third-order valence-corrected chi connectivity index (χ3v) is 1.74. The number of rotatable bonds is 5. The van der Waals surface area contributed by atoms with E-state index in [9.17, 15) is 9.59 Å². The van der Waals surface area contributed by atoms with Crippen LogP contribution in [0.4, 0.5) is 4.79 Å². The number of carbonyl (C=O) groups excluding carboxylic acids is 2. The first-order valence-electron chi connectivity index (χ1n) is 5.13. The zero-order valence-corrected chi connectivity index (χ0v) is 9.87. The van der Waals surface area contributed by atoms with Crippen molar-refractivity contribution in [2.75, 3.05) is 20.2 Å². The van der Waals surface area contributed by atoms with Gasteiger partial charge in [0.25, 0.3) is 0 Å². The van der Waals surface area contributed by atoms with Crippen LogP contribution in [0.25, 0.3) is 0 Å². The summed E-state index contributed by atoms with van der Waals surface area (Å²) in [5, 5.41) is 2.74. The number of carbonyl (C=O) groups is 2. The Hall–Kier alpha value is -1.26. The number of nitrogens with one attached hydrogen (secondary N) is 1. The predicted octanol–water partition coefficient (Wildman–Crippen LogP) is 0.989. The van der Waals surface area contributed by atoms with Gasteiger partial charge in [0.15, 0.2) is 0 Å². The highest BCUT2D eigenvalue weighted by atomic mass is 16.5. The molecule has 15 heavy (non-hydrogen) atoms. The molecule has 0 saturated carbocycles. The molecule has 5 heteroatoms.